The molecule has 1 aromatic carbocycles. The zero-order valence-electron chi connectivity index (χ0n) is 8.71. The fourth-order valence-electron chi connectivity index (χ4n) is 3.36. The number of hydrogen-bond donors (Lipinski definition) is 0. The zero-order chi connectivity index (χ0) is 9.38. The summed E-state index contributed by atoms with van der Waals surface area (Å²) in [6.45, 7) is 0. The first kappa shape index (κ1) is 8.52. The average Bonchev–Trinajstić information content (AvgIpc) is 2.54. The molecule has 1 aromatic rings. The molecule has 0 saturated heterocycles. The van der Waals surface area contributed by atoms with Crippen molar-refractivity contribution in [1.29, 1.82) is 0 Å². The Morgan fingerprint density at radius 3 is 1.93 bits per heavy atom. The van der Waals surface area contributed by atoms with Gasteiger partial charge in [-0.25, -0.2) is 0 Å². The Labute approximate surface area is 86.3 Å². The van der Waals surface area contributed by atoms with Gasteiger partial charge in [0, 0.05) is 0 Å². The summed E-state index contributed by atoms with van der Waals surface area (Å²) >= 11 is 0. The van der Waals surface area contributed by atoms with Crippen LogP contribution in [0.3, 0.4) is 0 Å². The molecule has 0 N–H and O–H groups in total. The molecular weight excluding hydrogens is 168 g/mol. The summed E-state index contributed by atoms with van der Waals surface area (Å²) in [5.41, 5.74) is 3.36. The van der Waals surface area contributed by atoms with Crippen molar-refractivity contribution in [1.82, 2.24) is 0 Å². The molecule has 0 aromatic heterocycles. The smallest absolute Gasteiger partial charge is 0.0153 e. The molecule has 0 radical (unpaired) electrons. The van der Waals surface area contributed by atoms with Crippen LogP contribution in [0.5, 0.6) is 0 Å². The normalized spacial score (nSPS) is 30.6. The first-order valence-electron chi connectivity index (χ1n) is 6.04. The highest BCUT2D eigenvalue weighted by Crippen LogP contribution is 2.47. The molecule has 1 fully saturated rings. The van der Waals surface area contributed by atoms with E-state index < -0.39 is 0 Å². The Balaban J connectivity index is 2.01. The van der Waals surface area contributed by atoms with Gasteiger partial charge in [-0.05, 0) is 42.2 Å². The van der Waals surface area contributed by atoms with Gasteiger partial charge in [0.2, 0.25) is 0 Å². The molecule has 2 bridgehead atoms. The van der Waals surface area contributed by atoms with Gasteiger partial charge in [-0.2, -0.15) is 0 Å². The molecule has 0 nitrogen and oxygen atoms in total. The summed E-state index contributed by atoms with van der Waals surface area (Å²) in [5, 5.41) is 0. The second-order valence-electron chi connectivity index (χ2n) is 4.90. The number of fused-ring (bicyclic) bond motifs is 5. The van der Waals surface area contributed by atoms with E-state index in [1.54, 1.807) is 11.1 Å². The summed E-state index contributed by atoms with van der Waals surface area (Å²) in [4.78, 5) is 0. The monoisotopic (exact) mass is 186 g/mol. The van der Waals surface area contributed by atoms with E-state index in [-0.39, 0.29) is 0 Å². The van der Waals surface area contributed by atoms with Gasteiger partial charge in [-0.15, -0.1) is 0 Å². The third-order valence-electron chi connectivity index (χ3n) is 4.05. The fraction of sp³-hybridized carbons (Fsp3) is 0.571. The SMILES string of the molecule is c1ccc2c(c1)C1CCCCCC2C1. The predicted octanol–water partition coefficient (Wildman–Crippen LogP) is 4.22. The predicted molar refractivity (Wildman–Crippen MR) is 59.6 cm³/mol. The van der Waals surface area contributed by atoms with Crippen LogP contribution in [-0.2, 0) is 0 Å². The van der Waals surface area contributed by atoms with Gasteiger partial charge >= 0.3 is 0 Å². The molecule has 3 rings (SSSR count). The van der Waals surface area contributed by atoms with Crippen LogP contribution in [-0.4, -0.2) is 0 Å². The van der Waals surface area contributed by atoms with Crippen molar-refractivity contribution < 1.29 is 0 Å². The van der Waals surface area contributed by atoms with E-state index in [0.29, 0.717) is 0 Å². The van der Waals surface area contributed by atoms with E-state index >= 15 is 0 Å². The van der Waals surface area contributed by atoms with Crippen LogP contribution in [0.1, 0.15) is 61.5 Å². The molecule has 0 amide bonds. The lowest BCUT2D eigenvalue weighted by molar-refractivity contribution is 0.449. The Kier molecular flexibility index (Phi) is 2.08. The van der Waals surface area contributed by atoms with Crippen molar-refractivity contribution in [2.45, 2.75) is 50.4 Å². The van der Waals surface area contributed by atoms with Crippen LogP contribution in [0.15, 0.2) is 24.3 Å². The Bertz CT molecular complexity index is 296. The molecule has 1 saturated carbocycles. The maximum absolute atomic E-state index is 2.37. The van der Waals surface area contributed by atoms with Gasteiger partial charge in [0.25, 0.3) is 0 Å². The highest BCUT2D eigenvalue weighted by molar-refractivity contribution is 5.38. The Hall–Kier alpha value is -0.780. The molecular formula is C14H18. The lowest BCUT2D eigenvalue weighted by Crippen LogP contribution is -1.98. The Morgan fingerprint density at radius 1 is 0.786 bits per heavy atom. The van der Waals surface area contributed by atoms with E-state index in [1.165, 1.54) is 38.5 Å². The molecule has 2 aliphatic rings. The van der Waals surface area contributed by atoms with Gasteiger partial charge in [0.1, 0.15) is 0 Å². The molecule has 74 valence electrons. The average molecular weight is 186 g/mol. The maximum Gasteiger partial charge on any atom is -0.0153 e. The lowest BCUT2D eigenvalue weighted by Gasteiger charge is -2.15. The summed E-state index contributed by atoms with van der Waals surface area (Å²) in [6, 6.07) is 9.16. The van der Waals surface area contributed by atoms with Crippen LogP contribution >= 0.6 is 0 Å². The fourth-order valence-corrected chi connectivity index (χ4v) is 3.36. The number of hydrogen-bond acceptors (Lipinski definition) is 0. The minimum atomic E-state index is 0.900. The van der Waals surface area contributed by atoms with E-state index in [0.717, 1.165) is 11.8 Å². The Morgan fingerprint density at radius 2 is 1.36 bits per heavy atom. The van der Waals surface area contributed by atoms with Crippen molar-refractivity contribution in [3.63, 3.8) is 0 Å². The lowest BCUT2D eigenvalue weighted by atomic mass is 9.89. The molecule has 0 spiro atoms. The van der Waals surface area contributed by atoms with Gasteiger partial charge in [-0.3, -0.25) is 0 Å². The zero-order valence-corrected chi connectivity index (χ0v) is 8.71. The van der Waals surface area contributed by atoms with E-state index in [9.17, 15) is 0 Å². The highest BCUT2D eigenvalue weighted by atomic mass is 14.3. The molecule has 0 heteroatoms. The topological polar surface area (TPSA) is 0 Å². The highest BCUT2D eigenvalue weighted by Gasteiger charge is 2.30. The van der Waals surface area contributed by atoms with Crippen LogP contribution in [0.4, 0.5) is 0 Å². The van der Waals surface area contributed by atoms with Crippen LogP contribution in [0.2, 0.25) is 0 Å². The van der Waals surface area contributed by atoms with Crippen molar-refractivity contribution in [2.24, 2.45) is 0 Å². The van der Waals surface area contributed by atoms with E-state index in [4.69, 9.17) is 0 Å². The minimum Gasteiger partial charge on any atom is -0.0620 e. The van der Waals surface area contributed by atoms with Crippen molar-refractivity contribution in [3.05, 3.63) is 35.4 Å². The summed E-state index contributed by atoms with van der Waals surface area (Å²) in [6.07, 6.45) is 8.68. The largest absolute Gasteiger partial charge is 0.0620 e. The van der Waals surface area contributed by atoms with E-state index in [1.807, 2.05) is 0 Å². The van der Waals surface area contributed by atoms with Crippen LogP contribution < -0.4 is 0 Å². The summed E-state index contributed by atoms with van der Waals surface area (Å²) < 4.78 is 0. The molecule has 0 heterocycles. The van der Waals surface area contributed by atoms with Gasteiger partial charge in [-0.1, -0.05) is 43.5 Å². The number of rotatable bonds is 0. The third kappa shape index (κ3) is 1.28. The van der Waals surface area contributed by atoms with Crippen molar-refractivity contribution >= 4 is 0 Å². The molecule has 2 atom stereocenters. The van der Waals surface area contributed by atoms with Crippen LogP contribution in [0.25, 0.3) is 0 Å². The van der Waals surface area contributed by atoms with Gasteiger partial charge < -0.3 is 0 Å². The first-order chi connectivity index (χ1) is 6.95. The quantitative estimate of drug-likeness (QED) is 0.569. The van der Waals surface area contributed by atoms with Crippen molar-refractivity contribution in [3.8, 4) is 0 Å². The second kappa shape index (κ2) is 3.42. The van der Waals surface area contributed by atoms with Gasteiger partial charge in [0.05, 0.1) is 0 Å². The molecule has 2 aliphatic carbocycles. The van der Waals surface area contributed by atoms with Crippen LogP contribution in [0, 0.1) is 0 Å². The third-order valence-corrected chi connectivity index (χ3v) is 4.05. The maximum atomic E-state index is 2.37. The second-order valence-corrected chi connectivity index (χ2v) is 4.90. The van der Waals surface area contributed by atoms with E-state index in [2.05, 4.69) is 24.3 Å². The number of benzene rings is 1. The van der Waals surface area contributed by atoms with Crippen molar-refractivity contribution in [2.75, 3.05) is 0 Å². The van der Waals surface area contributed by atoms with Gasteiger partial charge in [0.15, 0.2) is 0 Å². The summed E-state index contributed by atoms with van der Waals surface area (Å²) in [5.74, 6) is 1.80. The first-order valence-corrected chi connectivity index (χ1v) is 6.04. The molecule has 14 heavy (non-hydrogen) atoms. The molecule has 0 aliphatic heterocycles. The summed E-state index contributed by atoms with van der Waals surface area (Å²) in [7, 11) is 0. The molecule has 2 unspecified atom stereocenters. The standard InChI is InChI=1S/C14H18/c1-2-6-11-10-12(7-3-1)14-9-5-4-8-13(11)14/h4-5,8-9,11-12H,1-3,6-7,10H2. The minimum absolute atomic E-state index is 0.900.